The predicted molar refractivity (Wildman–Crippen MR) is 67.2 cm³/mol. The highest BCUT2D eigenvalue weighted by atomic mass is 16.6. The molecule has 0 aromatic heterocycles. The molecule has 0 saturated heterocycles. The zero-order valence-electron chi connectivity index (χ0n) is 10.1. The molecule has 1 atom stereocenters. The maximum atomic E-state index is 10.8. The minimum Gasteiger partial charge on any atom is -0.393 e. The number of nitro groups is 1. The van der Waals surface area contributed by atoms with E-state index in [0.717, 1.165) is 0 Å². The van der Waals surface area contributed by atoms with Crippen molar-refractivity contribution in [3.8, 4) is 6.07 Å². The van der Waals surface area contributed by atoms with Gasteiger partial charge < -0.3 is 10.4 Å². The molecule has 0 fully saturated rings. The number of nitro benzene ring substituents is 1. The molecule has 2 N–H and O–H groups in total. The summed E-state index contributed by atoms with van der Waals surface area (Å²) in [4.78, 5) is 10.3. The smallest absolute Gasteiger partial charge is 0.292 e. The molecule has 1 unspecified atom stereocenters. The summed E-state index contributed by atoms with van der Waals surface area (Å²) >= 11 is 0. The fraction of sp³-hybridized carbons (Fsp3) is 0.417. The lowest BCUT2D eigenvalue weighted by atomic mass is 10.1. The van der Waals surface area contributed by atoms with Crippen LogP contribution in [0.2, 0.25) is 0 Å². The van der Waals surface area contributed by atoms with Crippen LogP contribution in [0, 0.1) is 21.4 Å². The van der Waals surface area contributed by atoms with Crippen LogP contribution in [0.25, 0.3) is 0 Å². The SMILES string of the molecule is CC(O)CCCNc1cc(C#N)ccc1[N+](=O)[O-]. The van der Waals surface area contributed by atoms with Crippen molar-refractivity contribution in [2.75, 3.05) is 11.9 Å². The molecule has 0 aliphatic carbocycles. The first kappa shape index (κ1) is 13.9. The normalized spacial score (nSPS) is 11.6. The molecule has 1 aromatic carbocycles. The molecule has 18 heavy (non-hydrogen) atoms. The monoisotopic (exact) mass is 249 g/mol. The van der Waals surface area contributed by atoms with Gasteiger partial charge in [0.2, 0.25) is 0 Å². The average molecular weight is 249 g/mol. The number of anilines is 1. The Bertz CT molecular complexity index is 466. The Hall–Kier alpha value is -2.13. The molecule has 0 radical (unpaired) electrons. The Kier molecular flexibility index (Phi) is 5.08. The summed E-state index contributed by atoms with van der Waals surface area (Å²) in [5.74, 6) is 0. The molecular formula is C12H15N3O3. The third kappa shape index (κ3) is 4.03. The second-order valence-electron chi connectivity index (χ2n) is 4.02. The molecule has 0 aliphatic rings. The fourth-order valence-electron chi connectivity index (χ4n) is 1.53. The quantitative estimate of drug-likeness (QED) is 0.456. The Morgan fingerprint density at radius 1 is 1.61 bits per heavy atom. The topological polar surface area (TPSA) is 99.2 Å². The maximum absolute atomic E-state index is 10.8. The highest BCUT2D eigenvalue weighted by molar-refractivity contribution is 5.64. The number of rotatable bonds is 6. The highest BCUT2D eigenvalue weighted by Crippen LogP contribution is 2.25. The third-order valence-corrected chi connectivity index (χ3v) is 2.44. The Morgan fingerprint density at radius 3 is 2.89 bits per heavy atom. The van der Waals surface area contributed by atoms with Crippen molar-refractivity contribution in [1.29, 1.82) is 5.26 Å². The summed E-state index contributed by atoms with van der Waals surface area (Å²) in [6.07, 6.45) is 0.942. The van der Waals surface area contributed by atoms with Gasteiger partial charge in [-0.3, -0.25) is 10.1 Å². The van der Waals surface area contributed by atoms with Gasteiger partial charge in [0.15, 0.2) is 0 Å². The number of hydrogen-bond donors (Lipinski definition) is 2. The number of nitrogens with one attached hydrogen (secondary N) is 1. The number of aliphatic hydroxyl groups excluding tert-OH is 1. The molecular weight excluding hydrogens is 234 g/mol. The van der Waals surface area contributed by atoms with Gasteiger partial charge in [0, 0.05) is 12.6 Å². The molecule has 0 heterocycles. The average Bonchev–Trinajstić information content (AvgIpc) is 2.33. The van der Waals surface area contributed by atoms with E-state index in [2.05, 4.69) is 5.32 Å². The van der Waals surface area contributed by atoms with Crippen molar-refractivity contribution in [3.05, 3.63) is 33.9 Å². The highest BCUT2D eigenvalue weighted by Gasteiger charge is 2.13. The van der Waals surface area contributed by atoms with Gasteiger partial charge in [-0.25, -0.2) is 0 Å². The van der Waals surface area contributed by atoms with E-state index in [1.165, 1.54) is 18.2 Å². The molecule has 96 valence electrons. The Balaban J connectivity index is 2.73. The van der Waals surface area contributed by atoms with E-state index in [1.54, 1.807) is 6.92 Å². The van der Waals surface area contributed by atoms with Gasteiger partial charge in [-0.2, -0.15) is 5.26 Å². The maximum Gasteiger partial charge on any atom is 0.292 e. The summed E-state index contributed by atoms with van der Waals surface area (Å²) in [6, 6.07) is 6.13. The molecule has 0 saturated carbocycles. The summed E-state index contributed by atoms with van der Waals surface area (Å²) in [6.45, 7) is 2.21. The molecule has 1 aromatic rings. The zero-order valence-corrected chi connectivity index (χ0v) is 10.1. The van der Waals surface area contributed by atoms with Crippen molar-refractivity contribution < 1.29 is 10.0 Å². The number of aliphatic hydroxyl groups is 1. The minimum absolute atomic E-state index is 0.0500. The van der Waals surface area contributed by atoms with Crippen molar-refractivity contribution in [2.24, 2.45) is 0 Å². The molecule has 6 nitrogen and oxygen atoms in total. The van der Waals surface area contributed by atoms with E-state index in [9.17, 15) is 10.1 Å². The van der Waals surface area contributed by atoms with Crippen LogP contribution in [0.1, 0.15) is 25.3 Å². The second kappa shape index (κ2) is 6.57. The second-order valence-corrected chi connectivity index (χ2v) is 4.02. The van der Waals surface area contributed by atoms with Crippen molar-refractivity contribution in [3.63, 3.8) is 0 Å². The van der Waals surface area contributed by atoms with Gasteiger partial charge in [-0.15, -0.1) is 0 Å². The van der Waals surface area contributed by atoms with Crippen molar-refractivity contribution >= 4 is 11.4 Å². The first-order valence-electron chi connectivity index (χ1n) is 5.65. The molecule has 0 aliphatic heterocycles. The lowest BCUT2D eigenvalue weighted by Crippen LogP contribution is -2.08. The molecule has 0 bridgehead atoms. The summed E-state index contributed by atoms with van der Waals surface area (Å²) in [5.41, 5.74) is 0.661. The van der Waals surface area contributed by atoms with E-state index in [-0.39, 0.29) is 11.8 Å². The Labute approximate surface area is 105 Å². The van der Waals surface area contributed by atoms with Crippen LogP contribution in [0.5, 0.6) is 0 Å². The summed E-state index contributed by atoms with van der Waals surface area (Å²) in [5, 5.41) is 31.6. The number of nitriles is 1. The van der Waals surface area contributed by atoms with Gasteiger partial charge in [0.05, 0.1) is 22.7 Å². The van der Waals surface area contributed by atoms with E-state index in [0.29, 0.717) is 30.6 Å². The van der Waals surface area contributed by atoms with Crippen molar-refractivity contribution in [1.82, 2.24) is 0 Å². The minimum atomic E-state index is -0.488. The zero-order chi connectivity index (χ0) is 13.5. The van der Waals surface area contributed by atoms with E-state index >= 15 is 0 Å². The number of hydrogen-bond acceptors (Lipinski definition) is 5. The third-order valence-electron chi connectivity index (χ3n) is 2.44. The summed E-state index contributed by atoms with van der Waals surface area (Å²) < 4.78 is 0. The van der Waals surface area contributed by atoms with Crippen molar-refractivity contribution in [2.45, 2.75) is 25.9 Å². The van der Waals surface area contributed by atoms with E-state index in [1.807, 2.05) is 6.07 Å². The van der Waals surface area contributed by atoms with E-state index < -0.39 is 4.92 Å². The van der Waals surface area contributed by atoms with Crippen LogP contribution in [-0.4, -0.2) is 22.7 Å². The lowest BCUT2D eigenvalue weighted by Gasteiger charge is -2.08. The van der Waals surface area contributed by atoms with Crippen LogP contribution in [0.4, 0.5) is 11.4 Å². The molecule has 0 amide bonds. The molecule has 6 heteroatoms. The van der Waals surface area contributed by atoms with Gasteiger partial charge in [-0.05, 0) is 31.9 Å². The number of nitrogens with zero attached hydrogens (tertiary/aromatic N) is 2. The molecule has 0 spiro atoms. The van der Waals surface area contributed by atoms with Gasteiger partial charge in [0.1, 0.15) is 5.69 Å². The Morgan fingerprint density at radius 2 is 2.33 bits per heavy atom. The largest absolute Gasteiger partial charge is 0.393 e. The van der Waals surface area contributed by atoms with Gasteiger partial charge >= 0.3 is 0 Å². The van der Waals surface area contributed by atoms with E-state index in [4.69, 9.17) is 10.4 Å². The first-order valence-corrected chi connectivity index (χ1v) is 5.65. The van der Waals surface area contributed by atoms with Crippen LogP contribution < -0.4 is 5.32 Å². The first-order chi connectivity index (χ1) is 8.54. The summed E-state index contributed by atoms with van der Waals surface area (Å²) in [7, 11) is 0. The predicted octanol–water partition coefficient (Wildman–Crippen LogP) is 2.04. The standard InChI is InChI=1S/C12H15N3O3/c1-9(16)3-2-6-14-11-7-10(8-13)4-5-12(11)15(17)18/h4-5,7,9,14,16H,2-3,6H2,1H3. The lowest BCUT2D eigenvalue weighted by molar-refractivity contribution is -0.384. The number of benzene rings is 1. The van der Waals surface area contributed by atoms with Crippen LogP contribution in [0.3, 0.4) is 0 Å². The fourth-order valence-corrected chi connectivity index (χ4v) is 1.53. The molecule has 1 rings (SSSR count). The van der Waals surface area contributed by atoms with Gasteiger partial charge in [-0.1, -0.05) is 0 Å². The van der Waals surface area contributed by atoms with Crippen LogP contribution >= 0.6 is 0 Å². The van der Waals surface area contributed by atoms with Gasteiger partial charge in [0.25, 0.3) is 5.69 Å². The van der Waals surface area contributed by atoms with Crippen LogP contribution in [0.15, 0.2) is 18.2 Å². The van der Waals surface area contributed by atoms with Crippen LogP contribution in [-0.2, 0) is 0 Å².